The van der Waals surface area contributed by atoms with Crippen molar-refractivity contribution in [1.29, 1.82) is 0 Å². The van der Waals surface area contributed by atoms with Crippen molar-refractivity contribution < 1.29 is 42.6 Å². The van der Waals surface area contributed by atoms with Crippen molar-refractivity contribution in [2.24, 2.45) is 5.92 Å². The normalized spacial score (nSPS) is 16.2. The summed E-state index contributed by atoms with van der Waals surface area (Å²) >= 11 is 0. The quantitative estimate of drug-likeness (QED) is 0.286. The van der Waals surface area contributed by atoms with Crippen molar-refractivity contribution in [3.8, 4) is 34.5 Å². The number of piperidine rings is 1. The van der Waals surface area contributed by atoms with Gasteiger partial charge in [-0.25, -0.2) is 0 Å². The number of methoxy groups -OCH3 is 2. The summed E-state index contributed by atoms with van der Waals surface area (Å²) in [4.78, 5) is 41.9. The summed E-state index contributed by atoms with van der Waals surface area (Å²) in [5.74, 6) is 2.32. The molecule has 6 bridgehead atoms. The summed E-state index contributed by atoms with van der Waals surface area (Å²) in [7, 11) is 3.02. The first-order valence-corrected chi connectivity index (χ1v) is 16.9. The van der Waals surface area contributed by atoms with Gasteiger partial charge in [0.2, 0.25) is 5.76 Å². The zero-order valence-corrected chi connectivity index (χ0v) is 29.2. The van der Waals surface area contributed by atoms with E-state index in [1.165, 1.54) is 14.2 Å². The maximum absolute atomic E-state index is 14.1. The van der Waals surface area contributed by atoms with Crippen molar-refractivity contribution in [1.82, 2.24) is 20.7 Å². The van der Waals surface area contributed by atoms with Gasteiger partial charge in [0.1, 0.15) is 18.1 Å². The van der Waals surface area contributed by atoms with E-state index in [-0.39, 0.29) is 69.1 Å². The van der Waals surface area contributed by atoms with Gasteiger partial charge < -0.3 is 43.7 Å². The predicted molar refractivity (Wildman–Crippen MR) is 186 cm³/mol. The number of carbonyl (C=O) groups excluding carboxylic acids is 3. The molecule has 13 nitrogen and oxygen atoms in total. The summed E-state index contributed by atoms with van der Waals surface area (Å²) in [6.07, 6.45) is 1.19. The number of hydrogen-bond donors (Lipinski definition) is 2. The van der Waals surface area contributed by atoms with Crippen LogP contribution in [-0.4, -0.2) is 73.8 Å². The molecule has 0 aliphatic carbocycles. The number of nitrogens with one attached hydrogen (secondary N) is 2. The van der Waals surface area contributed by atoms with Gasteiger partial charge >= 0.3 is 0 Å². The lowest BCUT2D eigenvalue weighted by molar-refractivity contribution is -0.141. The summed E-state index contributed by atoms with van der Waals surface area (Å²) in [6.45, 7) is 5.34. The van der Waals surface area contributed by atoms with Crippen LogP contribution in [-0.2, 0) is 17.8 Å². The largest absolute Gasteiger partial charge is 0.493 e. The van der Waals surface area contributed by atoms with Crippen molar-refractivity contribution in [2.45, 2.75) is 45.3 Å². The number of hydrogen-bond acceptors (Lipinski definition) is 10. The number of nitrogens with zero attached hydrogens (tertiary/aromatic N) is 2. The molecule has 1 fully saturated rings. The van der Waals surface area contributed by atoms with Gasteiger partial charge in [0.15, 0.2) is 28.6 Å². The molecule has 2 N–H and O–H groups in total. The first-order chi connectivity index (χ1) is 24.7. The van der Waals surface area contributed by atoms with E-state index in [4.69, 9.17) is 28.2 Å². The molecule has 7 aliphatic heterocycles. The van der Waals surface area contributed by atoms with E-state index in [1.54, 1.807) is 65.6 Å². The molecule has 1 spiro atoms. The Balaban J connectivity index is 1.24. The van der Waals surface area contributed by atoms with Crippen molar-refractivity contribution in [2.75, 3.05) is 40.5 Å². The van der Waals surface area contributed by atoms with Gasteiger partial charge in [-0.1, -0.05) is 25.1 Å². The molecule has 0 unspecified atom stereocenters. The van der Waals surface area contributed by atoms with E-state index in [1.807, 2.05) is 6.07 Å². The van der Waals surface area contributed by atoms with E-state index < -0.39 is 5.60 Å². The lowest BCUT2D eigenvalue weighted by Gasteiger charge is -2.40. The maximum atomic E-state index is 14.1. The SMILES string of the molecule is COc1cc2ccc1Oc1ccc(cc1OC)C(=O)NCCOc1ccc(cc1)OC1(CCN(C(=O)c3cc(CC(C)C)no3)CC1)C(=O)NC2. The Kier molecular flexibility index (Phi) is 10.6. The monoisotopic (exact) mass is 698 g/mol. The molecular weight excluding hydrogens is 656 g/mol. The number of ether oxygens (including phenoxy) is 5. The van der Waals surface area contributed by atoms with E-state index in [2.05, 4.69) is 29.6 Å². The van der Waals surface area contributed by atoms with Crippen molar-refractivity contribution in [3.05, 3.63) is 89.3 Å². The Morgan fingerprint density at radius 2 is 1.59 bits per heavy atom. The average molecular weight is 699 g/mol. The second kappa shape index (κ2) is 15.4. The summed E-state index contributed by atoms with van der Waals surface area (Å²) in [6, 6.07) is 18.9. The minimum absolute atomic E-state index is 0.178. The number of likely N-dealkylation sites (tertiary alicyclic amines) is 1. The molecule has 0 atom stereocenters. The Hall–Kier alpha value is -5.72. The van der Waals surface area contributed by atoms with Gasteiger partial charge in [0, 0.05) is 44.1 Å². The van der Waals surface area contributed by atoms with Crippen LogP contribution in [0.2, 0.25) is 0 Å². The lowest BCUT2D eigenvalue weighted by atomic mass is 9.89. The zero-order valence-electron chi connectivity index (χ0n) is 29.2. The molecule has 0 saturated carbocycles. The third-order valence-electron chi connectivity index (χ3n) is 8.78. The zero-order chi connectivity index (χ0) is 36.0. The van der Waals surface area contributed by atoms with Crippen LogP contribution in [0.4, 0.5) is 0 Å². The van der Waals surface area contributed by atoms with Crippen LogP contribution in [0.3, 0.4) is 0 Å². The van der Waals surface area contributed by atoms with Gasteiger partial charge in [0.05, 0.1) is 26.5 Å². The van der Waals surface area contributed by atoms with Gasteiger partial charge in [-0.15, -0.1) is 0 Å². The topological polar surface area (TPSA) is 151 Å². The molecule has 51 heavy (non-hydrogen) atoms. The molecule has 4 aromatic rings. The first-order valence-electron chi connectivity index (χ1n) is 16.9. The van der Waals surface area contributed by atoms with Crippen LogP contribution in [0, 0.1) is 5.92 Å². The standard InChI is InChI=1S/C38H42N4O9/c1-24(2)19-27-22-34(51-41-27)36(44)42-16-13-38(14-17-42)37(45)40-23-25-5-11-30(32(20-25)46-3)49-31-12-6-26(21-33(31)47-4)35(43)39-15-18-48-28-7-9-29(50-38)10-8-28/h5-12,20-22,24H,13-19,23H2,1-4H3,(H,39,43)(H,40,45). The highest BCUT2D eigenvalue weighted by Gasteiger charge is 2.45. The number of benzene rings is 3. The maximum Gasteiger partial charge on any atom is 0.292 e. The second-order valence-electron chi connectivity index (χ2n) is 12.9. The highest BCUT2D eigenvalue weighted by atomic mass is 16.5. The Morgan fingerprint density at radius 3 is 2.29 bits per heavy atom. The summed E-state index contributed by atoms with van der Waals surface area (Å²) in [5.41, 5.74) is 0.623. The van der Waals surface area contributed by atoms with Gasteiger partial charge in [-0.3, -0.25) is 14.4 Å². The van der Waals surface area contributed by atoms with Crippen LogP contribution in [0.1, 0.15) is 58.9 Å². The Labute approximate surface area is 296 Å². The van der Waals surface area contributed by atoms with Crippen LogP contribution in [0.15, 0.2) is 71.3 Å². The van der Waals surface area contributed by atoms with E-state index >= 15 is 0 Å². The van der Waals surface area contributed by atoms with Crippen molar-refractivity contribution in [3.63, 3.8) is 0 Å². The molecule has 1 aromatic heterocycles. The molecule has 8 heterocycles. The fourth-order valence-electron chi connectivity index (χ4n) is 6.06. The highest BCUT2D eigenvalue weighted by molar-refractivity contribution is 5.95. The number of aromatic nitrogens is 1. The van der Waals surface area contributed by atoms with E-state index in [0.29, 0.717) is 52.4 Å². The molecule has 13 heteroatoms. The summed E-state index contributed by atoms with van der Waals surface area (Å²) < 4.78 is 35.0. The highest BCUT2D eigenvalue weighted by Crippen LogP contribution is 2.38. The smallest absolute Gasteiger partial charge is 0.292 e. The minimum Gasteiger partial charge on any atom is -0.493 e. The van der Waals surface area contributed by atoms with Gasteiger partial charge in [-0.05, 0) is 72.5 Å². The molecular formula is C38H42N4O9. The van der Waals surface area contributed by atoms with Crippen LogP contribution < -0.4 is 34.3 Å². The molecule has 11 rings (SSSR count). The fraction of sp³-hybridized carbons (Fsp3) is 0.368. The van der Waals surface area contributed by atoms with Crippen LogP contribution >= 0.6 is 0 Å². The Morgan fingerprint density at radius 1 is 0.902 bits per heavy atom. The van der Waals surface area contributed by atoms with Gasteiger partial charge in [0.25, 0.3) is 17.7 Å². The number of rotatable bonds is 5. The molecule has 268 valence electrons. The van der Waals surface area contributed by atoms with Crippen molar-refractivity contribution >= 4 is 17.7 Å². The average Bonchev–Trinajstić information content (AvgIpc) is 3.60. The number of carbonyl (C=O) groups is 3. The third-order valence-corrected chi connectivity index (χ3v) is 8.78. The molecule has 3 aromatic carbocycles. The first kappa shape index (κ1) is 35.1. The van der Waals surface area contributed by atoms with E-state index in [9.17, 15) is 14.4 Å². The minimum atomic E-state index is -1.27. The van der Waals surface area contributed by atoms with Gasteiger partial charge in [-0.2, -0.15) is 0 Å². The van der Waals surface area contributed by atoms with Crippen LogP contribution in [0.25, 0.3) is 0 Å². The van der Waals surface area contributed by atoms with Crippen LogP contribution in [0.5, 0.6) is 34.5 Å². The second-order valence-corrected chi connectivity index (χ2v) is 12.9. The lowest BCUT2D eigenvalue weighted by Crippen LogP contribution is -2.58. The van der Waals surface area contributed by atoms with E-state index in [0.717, 1.165) is 11.3 Å². The fourth-order valence-corrected chi connectivity index (χ4v) is 6.06. The summed E-state index contributed by atoms with van der Waals surface area (Å²) in [5, 5.41) is 9.95. The molecule has 1 saturated heterocycles. The Bertz CT molecular complexity index is 1860. The molecule has 7 aliphatic rings. The third kappa shape index (κ3) is 8.19. The number of amides is 3. The predicted octanol–water partition coefficient (Wildman–Crippen LogP) is 5.18. The molecule has 3 amide bonds. The molecule has 0 radical (unpaired) electrons.